The first-order valence-corrected chi connectivity index (χ1v) is 7.46. The first-order chi connectivity index (χ1) is 9.93. The molecule has 120 valence electrons. The van der Waals surface area contributed by atoms with Crippen LogP contribution in [-0.4, -0.2) is 61.9 Å². The summed E-state index contributed by atoms with van der Waals surface area (Å²) in [5.41, 5.74) is -1.07. The number of cyclic esters (lactones) is 1. The highest BCUT2D eigenvalue weighted by Crippen LogP contribution is 2.37. The number of carbonyl (C=O) groups is 2. The Labute approximate surface area is 125 Å². The number of carbonyl (C=O) groups excluding carboxylic acids is 2. The fraction of sp³-hybridized carbons (Fsp3) is 0.867. The van der Waals surface area contributed by atoms with E-state index in [1.165, 1.54) is 0 Å². The number of esters is 1. The van der Waals surface area contributed by atoms with Crippen molar-refractivity contribution in [1.82, 2.24) is 4.90 Å². The quantitative estimate of drug-likeness (QED) is 0.708. The number of nitrogens with zero attached hydrogens (tertiary/aromatic N) is 1. The molecular formula is C15H25NO5. The Kier molecular flexibility index (Phi) is 4.88. The van der Waals surface area contributed by atoms with Gasteiger partial charge in [-0.3, -0.25) is 9.59 Å². The maximum atomic E-state index is 13.0. The zero-order chi connectivity index (χ0) is 15.6. The minimum Gasteiger partial charge on any atom is -0.449 e. The molecule has 0 saturated carbocycles. The van der Waals surface area contributed by atoms with Gasteiger partial charge < -0.3 is 19.1 Å². The largest absolute Gasteiger partial charge is 0.449 e. The Bertz CT molecular complexity index is 399. The third-order valence-corrected chi connectivity index (χ3v) is 4.74. The van der Waals surface area contributed by atoms with Gasteiger partial charge in [0.1, 0.15) is 0 Å². The van der Waals surface area contributed by atoms with E-state index in [0.29, 0.717) is 19.6 Å². The van der Waals surface area contributed by atoms with Crippen LogP contribution in [0.5, 0.6) is 0 Å². The molecule has 0 aromatic carbocycles. The van der Waals surface area contributed by atoms with Gasteiger partial charge in [0, 0.05) is 20.1 Å². The van der Waals surface area contributed by atoms with E-state index < -0.39 is 5.60 Å². The monoisotopic (exact) mass is 299 g/mol. The molecule has 2 saturated heterocycles. The molecule has 6 nitrogen and oxygen atoms in total. The van der Waals surface area contributed by atoms with Crippen LogP contribution in [0.3, 0.4) is 0 Å². The van der Waals surface area contributed by atoms with Crippen molar-refractivity contribution < 1.29 is 23.8 Å². The minimum atomic E-state index is -1.07. The Morgan fingerprint density at radius 3 is 2.19 bits per heavy atom. The number of hydrogen-bond acceptors (Lipinski definition) is 5. The van der Waals surface area contributed by atoms with Gasteiger partial charge in [-0.05, 0) is 19.8 Å². The molecule has 4 atom stereocenters. The maximum absolute atomic E-state index is 13.0. The second kappa shape index (κ2) is 6.32. The fourth-order valence-electron chi connectivity index (χ4n) is 3.34. The van der Waals surface area contributed by atoms with Crippen molar-refractivity contribution in [3.8, 4) is 0 Å². The van der Waals surface area contributed by atoms with Crippen LogP contribution in [0.15, 0.2) is 0 Å². The molecule has 0 N–H and O–H groups in total. The summed E-state index contributed by atoms with van der Waals surface area (Å²) in [5, 5.41) is 0. The predicted octanol–water partition coefficient (Wildman–Crippen LogP) is 0.980. The highest BCUT2D eigenvalue weighted by atomic mass is 16.6. The molecule has 0 aromatic rings. The van der Waals surface area contributed by atoms with Crippen molar-refractivity contribution in [2.45, 2.75) is 50.8 Å². The molecule has 21 heavy (non-hydrogen) atoms. The molecule has 1 amide bonds. The summed E-state index contributed by atoms with van der Waals surface area (Å²) < 4.78 is 15.8. The average molecular weight is 299 g/mol. The predicted molar refractivity (Wildman–Crippen MR) is 75.7 cm³/mol. The van der Waals surface area contributed by atoms with Gasteiger partial charge in [0.25, 0.3) is 5.91 Å². The molecule has 2 aliphatic rings. The third kappa shape index (κ3) is 2.92. The lowest BCUT2D eigenvalue weighted by Gasteiger charge is -2.37. The van der Waals surface area contributed by atoms with E-state index in [0.717, 1.165) is 12.8 Å². The van der Waals surface area contributed by atoms with Crippen LogP contribution in [-0.2, 0) is 23.8 Å². The number of likely N-dealkylation sites (tertiary alicyclic amines) is 1. The molecule has 0 unspecified atom stereocenters. The second-order valence-corrected chi connectivity index (χ2v) is 6.19. The van der Waals surface area contributed by atoms with Crippen molar-refractivity contribution in [3.05, 3.63) is 0 Å². The van der Waals surface area contributed by atoms with Gasteiger partial charge in [-0.15, -0.1) is 0 Å². The lowest BCUT2D eigenvalue weighted by molar-refractivity contribution is -0.168. The van der Waals surface area contributed by atoms with Gasteiger partial charge in [0.05, 0.1) is 31.7 Å². The van der Waals surface area contributed by atoms with E-state index in [9.17, 15) is 9.59 Å². The first-order valence-electron chi connectivity index (χ1n) is 7.46. The zero-order valence-electron chi connectivity index (χ0n) is 13.3. The molecule has 2 aliphatic heterocycles. The van der Waals surface area contributed by atoms with Gasteiger partial charge in [-0.1, -0.05) is 6.92 Å². The van der Waals surface area contributed by atoms with Crippen LogP contribution in [0.25, 0.3) is 0 Å². The number of ether oxygens (including phenoxy) is 3. The van der Waals surface area contributed by atoms with Gasteiger partial charge in [0.2, 0.25) is 0 Å². The Morgan fingerprint density at radius 2 is 1.81 bits per heavy atom. The second-order valence-electron chi connectivity index (χ2n) is 6.19. The molecular weight excluding hydrogens is 274 g/mol. The minimum absolute atomic E-state index is 0.0194. The van der Waals surface area contributed by atoms with Crippen LogP contribution in [0, 0.1) is 5.92 Å². The zero-order valence-corrected chi connectivity index (χ0v) is 13.3. The standard InChI is InChI=1S/C15H25NO5/c1-10-7-13(17)21-15(10,2)14(18)16-11(8-19-3)5-6-12(16)9-20-4/h10-12H,5-9H2,1-4H3/t10-,11-,12-,15-/m0/s1. The van der Waals surface area contributed by atoms with Crippen molar-refractivity contribution in [2.24, 2.45) is 5.92 Å². The Balaban J connectivity index is 2.22. The van der Waals surface area contributed by atoms with E-state index in [-0.39, 0.29) is 29.9 Å². The van der Waals surface area contributed by atoms with Crippen LogP contribution < -0.4 is 0 Å². The topological polar surface area (TPSA) is 65.1 Å². The molecule has 6 heteroatoms. The normalized spacial score (nSPS) is 36.1. The SMILES string of the molecule is COC[C@@H]1CC[C@@H](COC)N1C(=O)[C@@]1(C)OC(=O)C[C@@H]1C. The Morgan fingerprint density at radius 1 is 1.29 bits per heavy atom. The van der Waals surface area contributed by atoms with Gasteiger partial charge in [0.15, 0.2) is 5.60 Å². The summed E-state index contributed by atoms with van der Waals surface area (Å²) in [6.07, 6.45) is 2.05. The molecule has 0 aromatic heterocycles. The third-order valence-electron chi connectivity index (χ3n) is 4.74. The molecule has 0 spiro atoms. The van der Waals surface area contributed by atoms with Crippen LogP contribution in [0.2, 0.25) is 0 Å². The summed E-state index contributed by atoms with van der Waals surface area (Å²) in [5.74, 6) is -0.545. The van der Waals surface area contributed by atoms with Crippen molar-refractivity contribution >= 4 is 11.9 Å². The average Bonchev–Trinajstić information content (AvgIpc) is 2.92. The highest BCUT2D eigenvalue weighted by Gasteiger charge is 2.53. The van der Waals surface area contributed by atoms with Crippen molar-refractivity contribution in [3.63, 3.8) is 0 Å². The summed E-state index contributed by atoms with van der Waals surface area (Å²) in [6, 6.07) is 0.0388. The lowest BCUT2D eigenvalue weighted by Crippen LogP contribution is -2.55. The van der Waals surface area contributed by atoms with E-state index in [1.54, 1.807) is 21.1 Å². The first kappa shape index (κ1) is 16.2. The maximum Gasteiger partial charge on any atom is 0.307 e. The molecule has 2 fully saturated rings. The fourth-order valence-corrected chi connectivity index (χ4v) is 3.34. The number of methoxy groups -OCH3 is 2. The highest BCUT2D eigenvalue weighted by molar-refractivity contribution is 5.91. The number of hydrogen-bond donors (Lipinski definition) is 0. The molecule has 0 aliphatic carbocycles. The summed E-state index contributed by atoms with van der Waals surface area (Å²) in [7, 11) is 3.26. The van der Waals surface area contributed by atoms with Crippen LogP contribution >= 0.6 is 0 Å². The van der Waals surface area contributed by atoms with Crippen molar-refractivity contribution in [2.75, 3.05) is 27.4 Å². The molecule has 0 radical (unpaired) electrons. The van der Waals surface area contributed by atoms with Crippen LogP contribution in [0.4, 0.5) is 0 Å². The smallest absolute Gasteiger partial charge is 0.307 e. The summed E-state index contributed by atoms with van der Waals surface area (Å²) in [6.45, 7) is 4.58. The van der Waals surface area contributed by atoms with Gasteiger partial charge in [-0.2, -0.15) is 0 Å². The summed E-state index contributed by atoms with van der Waals surface area (Å²) >= 11 is 0. The molecule has 2 rings (SSSR count). The van der Waals surface area contributed by atoms with E-state index in [1.807, 2.05) is 11.8 Å². The van der Waals surface area contributed by atoms with E-state index in [2.05, 4.69) is 0 Å². The number of amides is 1. The Hall–Kier alpha value is -1.14. The van der Waals surface area contributed by atoms with Crippen molar-refractivity contribution in [1.29, 1.82) is 0 Å². The van der Waals surface area contributed by atoms with E-state index >= 15 is 0 Å². The van der Waals surface area contributed by atoms with E-state index in [4.69, 9.17) is 14.2 Å². The molecule has 2 heterocycles. The van der Waals surface area contributed by atoms with Crippen LogP contribution in [0.1, 0.15) is 33.1 Å². The van der Waals surface area contributed by atoms with Gasteiger partial charge >= 0.3 is 5.97 Å². The van der Waals surface area contributed by atoms with Gasteiger partial charge in [-0.25, -0.2) is 0 Å². The molecule has 0 bridgehead atoms. The number of rotatable bonds is 5. The summed E-state index contributed by atoms with van der Waals surface area (Å²) in [4.78, 5) is 26.4. The lowest BCUT2D eigenvalue weighted by atomic mass is 9.89.